The molecular formula is C20H23ClNS-. The molecule has 0 saturated carbocycles. The van der Waals surface area contributed by atoms with Gasteiger partial charge in [-0.2, -0.15) is 0 Å². The maximum atomic E-state index is 2.50. The van der Waals surface area contributed by atoms with Crippen LogP contribution in [0.4, 0.5) is 0 Å². The van der Waals surface area contributed by atoms with Gasteiger partial charge in [0.25, 0.3) is 0 Å². The molecule has 0 aliphatic carbocycles. The van der Waals surface area contributed by atoms with Crippen molar-refractivity contribution in [3.05, 3.63) is 59.7 Å². The lowest BCUT2D eigenvalue weighted by Gasteiger charge is -2.35. The molecule has 2 heterocycles. The maximum absolute atomic E-state index is 2.50. The first-order valence-electron chi connectivity index (χ1n) is 8.35. The molecule has 2 aliphatic rings. The van der Waals surface area contributed by atoms with Crippen molar-refractivity contribution in [3.63, 3.8) is 0 Å². The summed E-state index contributed by atoms with van der Waals surface area (Å²) in [6, 6.07) is 18.0. The summed E-state index contributed by atoms with van der Waals surface area (Å²) in [6.07, 6.45) is 4.03. The Kier molecular flexibility index (Phi) is 5.35. The first-order valence-corrected chi connectivity index (χ1v) is 9.17. The molecule has 3 heteroatoms. The highest BCUT2D eigenvalue weighted by molar-refractivity contribution is 7.99. The van der Waals surface area contributed by atoms with Crippen molar-refractivity contribution < 1.29 is 12.4 Å². The maximum Gasteiger partial charge on any atom is 0.0160 e. The van der Waals surface area contributed by atoms with Gasteiger partial charge in [0.1, 0.15) is 0 Å². The third-order valence-corrected chi connectivity index (χ3v) is 6.28. The van der Waals surface area contributed by atoms with Crippen LogP contribution in [0.15, 0.2) is 58.3 Å². The van der Waals surface area contributed by atoms with Crippen molar-refractivity contribution in [2.24, 2.45) is 5.92 Å². The van der Waals surface area contributed by atoms with E-state index in [-0.39, 0.29) is 12.4 Å². The van der Waals surface area contributed by atoms with Crippen LogP contribution in [-0.2, 0) is 0 Å². The molecule has 0 amide bonds. The number of halogens is 1. The van der Waals surface area contributed by atoms with Crippen molar-refractivity contribution in [1.29, 1.82) is 0 Å². The number of piperidine rings is 1. The number of benzene rings is 2. The molecule has 0 N–H and O–H groups in total. The van der Waals surface area contributed by atoms with E-state index in [1.54, 1.807) is 11.1 Å². The number of rotatable bonds is 2. The van der Waals surface area contributed by atoms with Crippen LogP contribution in [0.5, 0.6) is 0 Å². The van der Waals surface area contributed by atoms with Crippen LogP contribution in [0.1, 0.15) is 36.3 Å². The van der Waals surface area contributed by atoms with Crippen molar-refractivity contribution in [1.82, 2.24) is 4.90 Å². The van der Waals surface area contributed by atoms with Gasteiger partial charge in [0, 0.05) is 22.3 Å². The fourth-order valence-corrected chi connectivity index (χ4v) is 5.25. The number of fused-ring (bicyclic) bond motifs is 2. The van der Waals surface area contributed by atoms with Crippen LogP contribution in [0.2, 0.25) is 0 Å². The average Bonchev–Trinajstić information content (AvgIpc) is 2.55. The van der Waals surface area contributed by atoms with Crippen LogP contribution in [0.25, 0.3) is 0 Å². The summed E-state index contributed by atoms with van der Waals surface area (Å²) in [7, 11) is 2.27. The van der Waals surface area contributed by atoms with Crippen LogP contribution in [0.3, 0.4) is 0 Å². The molecule has 1 unspecified atom stereocenters. The molecule has 1 atom stereocenters. The Hall–Kier alpha value is -0.960. The first kappa shape index (κ1) is 16.9. The number of likely N-dealkylation sites (tertiary alicyclic amines) is 1. The minimum atomic E-state index is 0. The second-order valence-corrected chi connectivity index (χ2v) is 7.82. The predicted molar refractivity (Wildman–Crippen MR) is 93.7 cm³/mol. The highest BCUT2D eigenvalue weighted by Gasteiger charge is 2.29. The minimum Gasteiger partial charge on any atom is -1.00 e. The lowest BCUT2D eigenvalue weighted by molar-refractivity contribution is -0.00000445. The smallest absolute Gasteiger partial charge is 0.0160 e. The lowest BCUT2D eigenvalue weighted by Crippen LogP contribution is -3.00. The molecule has 2 aromatic carbocycles. The van der Waals surface area contributed by atoms with Crippen molar-refractivity contribution >= 4 is 11.8 Å². The van der Waals surface area contributed by atoms with Gasteiger partial charge in [-0.15, -0.1) is 0 Å². The van der Waals surface area contributed by atoms with Gasteiger partial charge < -0.3 is 17.3 Å². The fraction of sp³-hybridized carbons (Fsp3) is 0.400. The average molecular weight is 345 g/mol. The standard InChI is InChI=1S/C20H23NS.ClH/c1-21-12-6-7-15(14-21)13-18-16-8-2-4-10-19(16)22-20-11-5-3-9-17(18)20;/h2-5,8-11,15,18H,6-7,12-14H2,1H3;1H/p-1. The summed E-state index contributed by atoms with van der Waals surface area (Å²) >= 11 is 1.94. The van der Waals surface area contributed by atoms with Gasteiger partial charge in [0.15, 0.2) is 0 Å². The van der Waals surface area contributed by atoms with E-state index in [0.29, 0.717) is 5.92 Å². The van der Waals surface area contributed by atoms with E-state index in [9.17, 15) is 0 Å². The zero-order valence-electron chi connectivity index (χ0n) is 13.5. The second-order valence-electron chi connectivity index (χ2n) is 6.74. The van der Waals surface area contributed by atoms with Crippen molar-refractivity contribution in [2.45, 2.75) is 35.0 Å². The second kappa shape index (κ2) is 7.29. The Balaban J connectivity index is 0.00000156. The Morgan fingerprint density at radius 2 is 1.61 bits per heavy atom. The van der Waals surface area contributed by atoms with Gasteiger partial charge >= 0.3 is 0 Å². The van der Waals surface area contributed by atoms with E-state index in [0.717, 1.165) is 5.92 Å². The summed E-state index contributed by atoms with van der Waals surface area (Å²) in [5.74, 6) is 1.40. The van der Waals surface area contributed by atoms with Gasteiger partial charge in [0.2, 0.25) is 0 Å². The summed E-state index contributed by atoms with van der Waals surface area (Å²) in [5, 5.41) is 0. The molecule has 0 aromatic heterocycles. The van der Waals surface area contributed by atoms with E-state index < -0.39 is 0 Å². The predicted octanol–water partition coefficient (Wildman–Crippen LogP) is 2.02. The quantitative estimate of drug-likeness (QED) is 0.820. The third-order valence-electron chi connectivity index (χ3n) is 5.10. The van der Waals surface area contributed by atoms with Gasteiger partial charge in [-0.05, 0) is 62.0 Å². The molecule has 0 spiro atoms. The van der Waals surface area contributed by atoms with E-state index in [1.807, 2.05) is 11.8 Å². The molecule has 1 fully saturated rings. The van der Waals surface area contributed by atoms with E-state index in [2.05, 4.69) is 60.5 Å². The largest absolute Gasteiger partial charge is 1.00 e. The van der Waals surface area contributed by atoms with Gasteiger partial charge in [-0.1, -0.05) is 48.2 Å². The Morgan fingerprint density at radius 1 is 1.00 bits per heavy atom. The molecule has 0 radical (unpaired) electrons. The molecule has 4 rings (SSSR count). The monoisotopic (exact) mass is 344 g/mol. The molecule has 23 heavy (non-hydrogen) atoms. The van der Waals surface area contributed by atoms with E-state index in [4.69, 9.17) is 0 Å². The van der Waals surface area contributed by atoms with Crippen molar-refractivity contribution in [3.8, 4) is 0 Å². The number of hydrogen-bond acceptors (Lipinski definition) is 2. The summed E-state index contributed by atoms with van der Waals surface area (Å²) < 4.78 is 0. The normalized spacial score (nSPS) is 21.2. The number of hydrogen-bond donors (Lipinski definition) is 0. The van der Waals surface area contributed by atoms with Crippen LogP contribution in [-0.4, -0.2) is 25.0 Å². The highest BCUT2D eigenvalue weighted by Crippen LogP contribution is 2.48. The molecule has 1 nitrogen and oxygen atoms in total. The van der Waals surface area contributed by atoms with E-state index in [1.165, 1.54) is 42.1 Å². The zero-order chi connectivity index (χ0) is 14.9. The fourth-order valence-electron chi connectivity index (χ4n) is 4.06. The topological polar surface area (TPSA) is 3.24 Å². The summed E-state index contributed by atoms with van der Waals surface area (Å²) in [6.45, 7) is 2.53. The Bertz CT molecular complexity index is 627. The highest BCUT2D eigenvalue weighted by atomic mass is 35.5. The lowest BCUT2D eigenvalue weighted by atomic mass is 9.80. The van der Waals surface area contributed by atoms with Gasteiger partial charge in [-0.25, -0.2) is 0 Å². The molecule has 2 aliphatic heterocycles. The Morgan fingerprint density at radius 3 is 2.22 bits per heavy atom. The van der Waals surface area contributed by atoms with Crippen LogP contribution >= 0.6 is 11.8 Å². The van der Waals surface area contributed by atoms with E-state index >= 15 is 0 Å². The first-order chi connectivity index (χ1) is 10.8. The molecule has 2 aromatic rings. The molecule has 0 bridgehead atoms. The van der Waals surface area contributed by atoms with Crippen LogP contribution in [0, 0.1) is 5.92 Å². The molecular weight excluding hydrogens is 322 g/mol. The molecule has 1 saturated heterocycles. The third kappa shape index (κ3) is 3.45. The van der Waals surface area contributed by atoms with Crippen LogP contribution < -0.4 is 12.4 Å². The summed E-state index contributed by atoms with van der Waals surface area (Å²) in [4.78, 5) is 5.41. The zero-order valence-corrected chi connectivity index (χ0v) is 15.1. The minimum absolute atomic E-state index is 0. The molecule has 122 valence electrons. The SMILES string of the molecule is CN1CCCC(CC2c3ccccc3Sc3ccccc32)C1.[Cl-]. The summed E-state index contributed by atoms with van der Waals surface area (Å²) in [5.41, 5.74) is 3.08. The number of nitrogens with zero attached hydrogens (tertiary/aromatic N) is 1. The van der Waals surface area contributed by atoms with Crippen molar-refractivity contribution in [2.75, 3.05) is 20.1 Å². The van der Waals surface area contributed by atoms with Gasteiger partial charge in [-0.3, -0.25) is 0 Å². The Labute approximate surface area is 149 Å². The van der Waals surface area contributed by atoms with Gasteiger partial charge in [0.05, 0.1) is 0 Å².